The predicted molar refractivity (Wildman–Crippen MR) is 232 cm³/mol. The Morgan fingerprint density at radius 2 is 1.55 bits per heavy atom. The van der Waals surface area contributed by atoms with E-state index in [0.29, 0.717) is 54.7 Å². The molecule has 326 valence electrons. The van der Waals surface area contributed by atoms with Crippen molar-refractivity contribution >= 4 is 81.4 Å². The first kappa shape index (κ1) is 45.5. The second-order valence-corrected chi connectivity index (χ2v) is 15.4. The van der Waals surface area contributed by atoms with Crippen LogP contribution in [-0.4, -0.2) is 111 Å². The number of hydrogen-bond acceptors (Lipinski definition) is 12. The number of hydrogen-bond donors (Lipinski definition) is 4. The lowest BCUT2D eigenvalue weighted by atomic mass is 10.0. The highest BCUT2D eigenvalue weighted by Crippen LogP contribution is 2.33. The summed E-state index contributed by atoms with van der Waals surface area (Å²) in [5.74, 6) is -3.65. The number of nitrogens with zero attached hydrogens (tertiary/aromatic N) is 2. The number of alkyl halides is 1. The zero-order valence-corrected chi connectivity index (χ0v) is 35.3. The molecule has 1 aromatic heterocycles. The van der Waals surface area contributed by atoms with Crippen molar-refractivity contribution in [1.29, 1.82) is 0 Å². The molecule has 3 heterocycles. The van der Waals surface area contributed by atoms with Crippen LogP contribution in [0.1, 0.15) is 56.5 Å². The maximum atomic E-state index is 13.6. The maximum Gasteiger partial charge on any atom is 0.264 e. The van der Waals surface area contributed by atoms with Gasteiger partial charge in [0.05, 0.1) is 57.2 Å². The number of carbonyl (C=O) groups excluding carboxylic acids is 7. The van der Waals surface area contributed by atoms with Gasteiger partial charge in [-0.25, -0.2) is 0 Å². The largest absolute Gasteiger partial charge is 0.382 e. The van der Waals surface area contributed by atoms with Gasteiger partial charge in [0.2, 0.25) is 29.5 Å². The van der Waals surface area contributed by atoms with Gasteiger partial charge in [0, 0.05) is 41.4 Å². The molecule has 1 fully saturated rings. The minimum atomic E-state index is -1.04. The number of piperidine rings is 1. The summed E-state index contributed by atoms with van der Waals surface area (Å²) in [6.07, 6.45) is 0.849. The fourth-order valence-corrected chi connectivity index (χ4v) is 7.89. The van der Waals surface area contributed by atoms with E-state index in [0.717, 1.165) is 10.5 Å². The number of amides is 7. The van der Waals surface area contributed by atoms with Crippen LogP contribution in [0.2, 0.25) is 0 Å². The Hall–Kier alpha value is -5.98. The van der Waals surface area contributed by atoms with E-state index in [9.17, 15) is 33.6 Å². The summed E-state index contributed by atoms with van der Waals surface area (Å²) in [4.78, 5) is 92.6. The molecule has 4 aromatic rings. The summed E-state index contributed by atoms with van der Waals surface area (Å²) >= 11 is 7.40. The van der Waals surface area contributed by atoms with Crippen molar-refractivity contribution in [1.82, 2.24) is 15.5 Å². The van der Waals surface area contributed by atoms with Crippen molar-refractivity contribution in [2.24, 2.45) is 0 Å². The van der Waals surface area contributed by atoms with Gasteiger partial charge in [-0.15, -0.1) is 22.9 Å². The third-order valence-electron chi connectivity index (χ3n) is 9.93. The Morgan fingerprint density at radius 3 is 2.24 bits per heavy atom. The SMILES string of the molecule is O=C1CCC(N2C(=O)c3cccc(NCCOCCOCCOCCC(=O)Nc4ccc(N(C(=O)CCl)C(C(=O)NCCc5ccccc5)c5cccs5)cc4)c3C2=O)C(=O)N1. The number of ether oxygens (including phenoxy) is 3. The highest BCUT2D eigenvalue weighted by Gasteiger charge is 2.45. The second-order valence-electron chi connectivity index (χ2n) is 14.1. The van der Waals surface area contributed by atoms with E-state index in [2.05, 4.69) is 21.3 Å². The van der Waals surface area contributed by atoms with Crippen molar-refractivity contribution in [2.75, 3.05) is 74.1 Å². The number of carbonyl (C=O) groups is 7. The van der Waals surface area contributed by atoms with Gasteiger partial charge in [0.1, 0.15) is 18.0 Å². The summed E-state index contributed by atoms with van der Waals surface area (Å²) < 4.78 is 16.7. The molecule has 0 bridgehead atoms. The van der Waals surface area contributed by atoms with Gasteiger partial charge in [0.15, 0.2) is 0 Å². The molecular formula is C44H47ClN6O10S. The van der Waals surface area contributed by atoms with E-state index >= 15 is 0 Å². The predicted octanol–water partition coefficient (Wildman–Crippen LogP) is 4.31. The van der Waals surface area contributed by atoms with Crippen LogP contribution in [0.25, 0.3) is 0 Å². The van der Waals surface area contributed by atoms with E-state index in [1.807, 2.05) is 41.8 Å². The van der Waals surface area contributed by atoms with Gasteiger partial charge in [-0.3, -0.25) is 48.7 Å². The molecule has 62 heavy (non-hydrogen) atoms. The van der Waals surface area contributed by atoms with E-state index < -0.39 is 41.6 Å². The normalized spacial score (nSPS) is 15.2. The number of anilines is 3. The van der Waals surface area contributed by atoms with Gasteiger partial charge in [0.25, 0.3) is 11.8 Å². The Balaban J connectivity index is 0.856. The lowest BCUT2D eigenvalue weighted by Gasteiger charge is -2.30. The molecule has 3 aromatic carbocycles. The smallest absolute Gasteiger partial charge is 0.264 e. The summed E-state index contributed by atoms with van der Waals surface area (Å²) in [5.41, 5.74) is 2.84. The molecule has 4 N–H and O–H groups in total. The summed E-state index contributed by atoms with van der Waals surface area (Å²) in [5, 5.41) is 12.9. The van der Waals surface area contributed by atoms with Gasteiger partial charge in [-0.2, -0.15) is 0 Å². The number of imide groups is 2. The van der Waals surface area contributed by atoms with Gasteiger partial charge in [-0.1, -0.05) is 42.5 Å². The highest BCUT2D eigenvalue weighted by atomic mass is 35.5. The number of nitrogens with one attached hydrogen (secondary N) is 4. The van der Waals surface area contributed by atoms with E-state index in [1.54, 1.807) is 42.5 Å². The third-order valence-corrected chi connectivity index (χ3v) is 11.1. The quantitative estimate of drug-likeness (QED) is 0.0470. The molecule has 0 spiro atoms. The Morgan fingerprint density at radius 1 is 0.823 bits per heavy atom. The van der Waals surface area contributed by atoms with Crippen molar-refractivity contribution in [2.45, 2.75) is 37.8 Å². The standard InChI is InChI=1S/C44H47ClN6O10S/c45-28-38(54)50(40(35-10-5-27-62-35)42(56)47-19-17-29-6-2-1-3-7-29)31-13-11-30(12-14-31)48-37(53)18-21-59-23-25-61-26-24-60-22-20-46-33-9-4-8-32-39(33)44(58)51(43(32)57)34-15-16-36(52)49-41(34)55/h1-14,27,34,40,46H,15-26,28H2,(H,47,56)(H,48,53)(H,49,52,55). The molecule has 2 aliphatic rings. The van der Waals surface area contributed by atoms with Crippen molar-refractivity contribution in [3.63, 3.8) is 0 Å². The number of thiophene rings is 1. The Kier molecular flexibility index (Phi) is 16.7. The molecular weight excluding hydrogens is 840 g/mol. The average Bonchev–Trinajstić information content (AvgIpc) is 3.90. The minimum absolute atomic E-state index is 0.0434. The van der Waals surface area contributed by atoms with Crippen LogP contribution in [0.5, 0.6) is 0 Å². The summed E-state index contributed by atoms with van der Waals surface area (Å²) in [6, 6.07) is 22.9. The molecule has 7 amide bonds. The number of benzene rings is 3. The molecule has 6 rings (SSSR count). The van der Waals surface area contributed by atoms with Crippen LogP contribution in [0.3, 0.4) is 0 Å². The first-order valence-electron chi connectivity index (χ1n) is 20.1. The fraction of sp³-hybridized carbons (Fsp3) is 0.341. The molecule has 2 unspecified atom stereocenters. The fourth-order valence-electron chi connectivity index (χ4n) is 6.95. The lowest BCUT2D eigenvalue weighted by molar-refractivity contribution is -0.136. The van der Waals surface area contributed by atoms with Crippen molar-refractivity contribution in [3.8, 4) is 0 Å². The number of rotatable bonds is 23. The third kappa shape index (κ3) is 11.9. The van der Waals surface area contributed by atoms with E-state index in [4.69, 9.17) is 25.8 Å². The van der Waals surface area contributed by atoms with Gasteiger partial charge >= 0.3 is 0 Å². The van der Waals surface area contributed by atoms with Crippen LogP contribution >= 0.6 is 22.9 Å². The number of halogens is 1. The first-order chi connectivity index (χ1) is 30.2. The van der Waals surface area contributed by atoms with Crippen molar-refractivity contribution < 1.29 is 47.8 Å². The highest BCUT2D eigenvalue weighted by molar-refractivity contribution is 7.10. The monoisotopic (exact) mass is 886 g/mol. The van der Waals surface area contributed by atoms with Crippen molar-refractivity contribution in [3.05, 3.63) is 112 Å². The van der Waals surface area contributed by atoms with Crippen LogP contribution in [-0.2, 0) is 44.6 Å². The van der Waals surface area contributed by atoms with E-state index in [-0.39, 0.29) is 74.5 Å². The molecule has 0 aliphatic carbocycles. The lowest BCUT2D eigenvalue weighted by Crippen LogP contribution is -2.54. The number of fused-ring (bicyclic) bond motifs is 1. The summed E-state index contributed by atoms with van der Waals surface area (Å²) in [7, 11) is 0. The van der Waals surface area contributed by atoms with Crippen LogP contribution in [0.4, 0.5) is 17.1 Å². The zero-order chi connectivity index (χ0) is 43.8. The molecule has 16 nitrogen and oxygen atoms in total. The molecule has 0 radical (unpaired) electrons. The minimum Gasteiger partial charge on any atom is -0.382 e. The Bertz CT molecular complexity index is 2210. The second kappa shape index (κ2) is 22.7. The molecule has 0 saturated carbocycles. The average molecular weight is 887 g/mol. The van der Waals surface area contributed by atoms with Gasteiger partial charge in [-0.05, 0) is 66.2 Å². The zero-order valence-electron chi connectivity index (χ0n) is 33.8. The van der Waals surface area contributed by atoms with Crippen LogP contribution in [0.15, 0.2) is 90.3 Å². The first-order valence-corrected chi connectivity index (χ1v) is 21.5. The van der Waals surface area contributed by atoms with Crippen LogP contribution < -0.4 is 26.2 Å². The molecule has 2 aliphatic heterocycles. The van der Waals surface area contributed by atoms with Crippen LogP contribution in [0, 0.1) is 0 Å². The maximum absolute atomic E-state index is 13.6. The molecule has 1 saturated heterocycles. The molecule has 18 heteroatoms. The van der Waals surface area contributed by atoms with Gasteiger partial charge < -0.3 is 30.2 Å². The summed E-state index contributed by atoms with van der Waals surface area (Å²) in [6.45, 7) is 2.32. The van der Waals surface area contributed by atoms with E-state index in [1.165, 1.54) is 22.3 Å². The molecule has 2 atom stereocenters. The Labute approximate surface area is 367 Å². The topological polar surface area (TPSA) is 202 Å².